The van der Waals surface area contributed by atoms with Gasteiger partial charge in [-0.2, -0.15) is 0 Å². The summed E-state index contributed by atoms with van der Waals surface area (Å²) in [6.07, 6.45) is 0. The lowest BCUT2D eigenvalue weighted by Crippen LogP contribution is -2.32. The van der Waals surface area contributed by atoms with Crippen LogP contribution in [0.25, 0.3) is 11.1 Å². The highest BCUT2D eigenvalue weighted by molar-refractivity contribution is 6.60. The smallest absolute Gasteiger partial charge is 0.423 e. The number of benzene rings is 2. The summed E-state index contributed by atoms with van der Waals surface area (Å²) in [6.45, 7) is 0. The third kappa shape index (κ3) is 1.93. The molecule has 0 fully saturated rings. The highest BCUT2D eigenvalue weighted by atomic mass is 16.4. The molecule has 0 saturated heterocycles. The summed E-state index contributed by atoms with van der Waals surface area (Å²) in [7, 11) is -1.52. The van der Waals surface area contributed by atoms with Crippen LogP contribution in [-0.4, -0.2) is 17.2 Å². The predicted molar refractivity (Wildman–Crippen MR) is 66.1 cm³/mol. The quantitative estimate of drug-likeness (QED) is 0.505. The van der Waals surface area contributed by atoms with Crippen LogP contribution in [0.5, 0.6) is 0 Å². The summed E-state index contributed by atoms with van der Waals surface area (Å²) in [5.74, 6) is 0. The largest absolute Gasteiger partial charge is 0.489 e. The molecular formula is C12H12BNO2. The van der Waals surface area contributed by atoms with Gasteiger partial charge in [-0.3, -0.25) is 0 Å². The Hall–Kier alpha value is -1.78. The van der Waals surface area contributed by atoms with Gasteiger partial charge in [0, 0.05) is 11.3 Å². The first-order valence-corrected chi connectivity index (χ1v) is 5.00. The topological polar surface area (TPSA) is 66.5 Å². The number of hydrogen-bond donors (Lipinski definition) is 3. The summed E-state index contributed by atoms with van der Waals surface area (Å²) in [5, 5.41) is 18.6. The van der Waals surface area contributed by atoms with Crippen LogP contribution in [0, 0.1) is 0 Å². The molecule has 0 aliphatic heterocycles. The zero-order chi connectivity index (χ0) is 11.5. The molecular weight excluding hydrogens is 201 g/mol. The van der Waals surface area contributed by atoms with E-state index in [2.05, 4.69) is 0 Å². The van der Waals surface area contributed by atoms with E-state index in [4.69, 9.17) is 5.73 Å². The zero-order valence-corrected chi connectivity index (χ0v) is 8.67. The molecule has 80 valence electrons. The lowest BCUT2D eigenvalue weighted by atomic mass is 9.75. The molecule has 4 heteroatoms. The lowest BCUT2D eigenvalue weighted by molar-refractivity contribution is 0.426. The minimum Gasteiger partial charge on any atom is -0.423 e. The van der Waals surface area contributed by atoms with E-state index in [1.807, 2.05) is 30.3 Å². The minimum absolute atomic E-state index is 0.422. The van der Waals surface area contributed by atoms with Crippen LogP contribution in [0.1, 0.15) is 0 Å². The van der Waals surface area contributed by atoms with E-state index < -0.39 is 7.12 Å². The van der Waals surface area contributed by atoms with Crippen molar-refractivity contribution in [3.8, 4) is 11.1 Å². The second kappa shape index (κ2) is 4.39. The molecule has 0 spiro atoms. The first-order chi connectivity index (χ1) is 7.70. The average Bonchev–Trinajstić information content (AvgIpc) is 2.29. The third-order valence-corrected chi connectivity index (χ3v) is 2.47. The van der Waals surface area contributed by atoms with Crippen molar-refractivity contribution >= 4 is 18.3 Å². The fourth-order valence-electron chi connectivity index (χ4n) is 1.74. The van der Waals surface area contributed by atoms with E-state index in [1.165, 1.54) is 0 Å². The standard InChI is InChI=1S/C12H12BNO2/c14-11-8-4-7-10(13(15)16)12(11)9-5-2-1-3-6-9/h1-8,15-16H,14H2. The second-order valence-corrected chi connectivity index (χ2v) is 3.55. The van der Waals surface area contributed by atoms with Crippen molar-refractivity contribution in [1.82, 2.24) is 0 Å². The van der Waals surface area contributed by atoms with Gasteiger partial charge in [-0.15, -0.1) is 0 Å². The van der Waals surface area contributed by atoms with Crippen LogP contribution in [-0.2, 0) is 0 Å². The van der Waals surface area contributed by atoms with Crippen molar-refractivity contribution in [2.45, 2.75) is 0 Å². The van der Waals surface area contributed by atoms with Crippen LogP contribution in [0.4, 0.5) is 5.69 Å². The molecule has 0 amide bonds. The third-order valence-electron chi connectivity index (χ3n) is 2.47. The fourth-order valence-corrected chi connectivity index (χ4v) is 1.74. The molecule has 2 rings (SSSR count). The second-order valence-electron chi connectivity index (χ2n) is 3.55. The Morgan fingerprint density at radius 2 is 1.56 bits per heavy atom. The van der Waals surface area contributed by atoms with Crippen molar-refractivity contribution < 1.29 is 10.0 Å². The van der Waals surface area contributed by atoms with E-state index >= 15 is 0 Å². The summed E-state index contributed by atoms with van der Waals surface area (Å²) in [5.41, 5.74) is 8.39. The Kier molecular flexibility index (Phi) is 2.94. The highest BCUT2D eigenvalue weighted by Gasteiger charge is 2.18. The molecule has 2 aromatic carbocycles. The van der Waals surface area contributed by atoms with E-state index in [-0.39, 0.29) is 0 Å². The Morgan fingerprint density at radius 3 is 2.19 bits per heavy atom. The van der Waals surface area contributed by atoms with Crippen LogP contribution < -0.4 is 11.2 Å². The number of anilines is 1. The van der Waals surface area contributed by atoms with Gasteiger partial charge in [0.1, 0.15) is 0 Å². The maximum atomic E-state index is 9.29. The monoisotopic (exact) mass is 213 g/mol. The van der Waals surface area contributed by atoms with Crippen molar-refractivity contribution in [3.63, 3.8) is 0 Å². The van der Waals surface area contributed by atoms with E-state index in [1.54, 1.807) is 18.2 Å². The molecule has 0 unspecified atom stereocenters. The summed E-state index contributed by atoms with van der Waals surface area (Å²) in [6, 6.07) is 14.5. The first kappa shape index (κ1) is 10.7. The highest BCUT2D eigenvalue weighted by Crippen LogP contribution is 2.23. The van der Waals surface area contributed by atoms with Crippen molar-refractivity contribution in [2.75, 3.05) is 5.73 Å². The Labute approximate surface area is 94.3 Å². The Morgan fingerprint density at radius 1 is 0.875 bits per heavy atom. The van der Waals surface area contributed by atoms with Crippen LogP contribution in [0.2, 0.25) is 0 Å². The molecule has 0 aromatic heterocycles. The molecule has 0 bridgehead atoms. The molecule has 0 saturated carbocycles. The molecule has 16 heavy (non-hydrogen) atoms. The average molecular weight is 213 g/mol. The van der Waals surface area contributed by atoms with Gasteiger partial charge in [-0.25, -0.2) is 0 Å². The lowest BCUT2D eigenvalue weighted by Gasteiger charge is -2.11. The minimum atomic E-state index is -1.52. The molecule has 0 radical (unpaired) electrons. The summed E-state index contributed by atoms with van der Waals surface area (Å²) >= 11 is 0. The number of rotatable bonds is 2. The number of hydrogen-bond acceptors (Lipinski definition) is 3. The number of nitrogen functional groups attached to an aromatic ring is 1. The normalized spacial score (nSPS) is 10.1. The Bertz CT molecular complexity index is 486. The summed E-state index contributed by atoms with van der Waals surface area (Å²) < 4.78 is 0. The van der Waals surface area contributed by atoms with Gasteiger partial charge in [0.15, 0.2) is 0 Å². The molecule has 0 aliphatic carbocycles. The van der Waals surface area contributed by atoms with Gasteiger partial charge in [0.05, 0.1) is 0 Å². The van der Waals surface area contributed by atoms with Gasteiger partial charge >= 0.3 is 7.12 Å². The molecule has 2 aromatic rings. The Balaban J connectivity index is 2.64. The van der Waals surface area contributed by atoms with Crippen LogP contribution in [0.3, 0.4) is 0 Å². The fraction of sp³-hybridized carbons (Fsp3) is 0. The van der Waals surface area contributed by atoms with E-state index in [0.717, 1.165) is 5.56 Å². The van der Waals surface area contributed by atoms with Crippen molar-refractivity contribution in [1.29, 1.82) is 0 Å². The van der Waals surface area contributed by atoms with Crippen LogP contribution in [0.15, 0.2) is 48.5 Å². The van der Waals surface area contributed by atoms with Crippen molar-refractivity contribution in [3.05, 3.63) is 48.5 Å². The van der Waals surface area contributed by atoms with Gasteiger partial charge < -0.3 is 15.8 Å². The zero-order valence-electron chi connectivity index (χ0n) is 8.67. The maximum absolute atomic E-state index is 9.29. The SMILES string of the molecule is Nc1cccc(B(O)O)c1-c1ccccc1. The van der Waals surface area contributed by atoms with Gasteiger partial charge in [0.25, 0.3) is 0 Å². The molecule has 0 aliphatic rings. The van der Waals surface area contributed by atoms with Crippen LogP contribution >= 0.6 is 0 Å². The van der Waals surface area contributed by atoms with E-state index in [0.29, 0.717) is 16.7 Å². The van der Waals surface area contributed by atoms with Gasteiger partial charge in [-0.1, -0.05) is 42.5 Å². The summed E-state index contributed by atoms with van der Waals surface area (Å²) in [4.78, 5) is 0. The number of nitrogens with two attached hydrogens (primary N) is 1. The van der Waals surface area contributed by atoms with Gasteiger partial charge in [0.2, 0.25) is 0 Å². The van der Waals surface area contributed by atoms with Gasteiger partial charge in [-0.05, 0) is 17.1 Å². The van der Waals surface area contributed by atoms with E-state index in [9.17, 15) is 10.0 Å². The maximum Gasteiger partial charge on any atom is 0.489 e. The predicted octanol–water partition coefficient (Wildman–Crippen LogP) is 0.616. The first-order valence-electron chi connectivity index (χ1n) is 5.00. The molecule has 0 atom stereocenters. The molecule has 4 N–H and O–H groups in total. The molecule has 3 nitrogen and oxygen atoms in total. The molecule has 0 heterocycles. The van der Waals surface area contributed by atoms with Crippen molar-refractivity contribution in [2.24, 2.45) is 0 Å².